The Balaban J connectivity index is 1.31. The Morgan fingerprint density at radius 1 is 1.03 bits per heavy atom. The number of hydrogen-bond acceptors (Lipinski definition) is 4. The number of amides is 1. The quantitative estimate of drug-likeness (QED) is 0.413. The average molecular weight is 489 g/mol. The van der Waals surface area contributed by atoms with Gasteiger partial charge in [0.1, 0.15) is 12.4 Å². The second-order valence-electron chi connectivity index (χ2n) is 8.15. The number of piperazine rings is 1. The molecule has 0 radical (unpaired) electrons. The van der Waals surface area contributed by atoms with E-state index in [-0.39, 0.29) is 5.91 Å². The van der Waals surface area contributed by atoms with Gasteiger partial charge in [0.25, 0.3) is 5.91 Å². The third kappa shape index (κ3) is 5.46. The van der Waals surface area contributed by atoms with Gasteiger partial charge in [-0.05, 0) is 54.6 Å². The van der Waals surface area contributed by atoms with Crippen LogP contribution in [0.5, 0.6) is 5.75 Å². The zero-order valence-electron chi connectivity index (χ0n) is 18.2. The lowest BCUT2D eigenvalue weighted by Crippen LogP contribution is -2.48. The lowest BCUT2D eigenvalue weighted by atomic mass is 10.1. The average Bonchev–Trinajstić information content (AvgIpc) is 3.26. The summed E-state index contributed by atoms with van der Waals surface area (Å²) >= 11 is 14.1. The zero-order valence-corrected chi connectivity index (χ0v) is 20.6. The molecule has 0 atom stereocenters. The second-order valence-corrected chi connectivity index (χ2v) is 9.87. The summed E-state index contributed by atoms with van der Waals surface area (Å²) in [4.78, 5) is 18.0. The van der Waals surface area contributed by atoms with E-state index < -0.39 is 0 Å². The van der Waals surface area contributed by atoms with Crippen LogP contribution in [-0.4, -0.2) is 41.9 Å². The Hall–Kier alpha value is -2.05. The van der Waals surface area contributed by atoms with Crippen molar-refractivity contribution < 1.29 is 9.53 Å². The highest BCUT2D eigenvalue weighted by Crippen LogP contribution is 2.27. The van der Waals surface area contributed by atoms with Gasteiger partial charge in [-0.1, -0.05) is 41.4 Å². The van der Waals surface area contributed by atoms with Crippen LogP contribution >= 0.6 is 34.5 Å². The van der Waals surface area contributed by atoms with Gasteiger partial charge in [-0.2, -0.15) is 0 Å². The van der Waals surface area contributed by atoms with E-state index in [1.165, 1.54) is 16.9 Å². The Morgan fingerprint density at radius 3 is 2.47 bits per heavy atom. The van der Waals surface area contributed by atoms with Crippen LogP contribution in [0.4, 0.5) is 0 Å². The van der Waals surface area contributed by atoms with Crippen LogP contribution in [0.3, 0.4) is 0 Å². The maximum absolute atomic E-state index is 13.0. The first-order valence-electron chi connectivity index (χ1n) is 10.6. The Kier molecular flexibility index (Phi) is 7.41. The maximum atomic E-state index is 13.0. The van der Waals surface area contributed by atoms with Crippen molar-refractivity contribution in [3.8, 4) is 5.75 Å². The maximum Gasteiger partial charge on any atom is 0.264 e. The highest BCUT2D eigenvalue weighted by atomic mass is 35.5. The van der Waals surface area contributed by atoms with Crippen LogP contribution < -0.4 is 4.74 Å². The molecule has 4 rings (SSSR count). The third-order valence-corrected chi connectivity index (χ3v) is 7.38. The van der Waals surface area contributed by atoms with Crippen molar-refractivity contribution in [2.75, 3.05) is 26.2 Å². The number of nitrogens with zero attached hydrogens (tertiary/aromatic N) is 2. The molecule has 2 heterocycles. The molecule has 168 valence electrons. The van der Waals surface area contributed by atoms with E-state index in [0.29, 0.717) is 36.3 Å². The van der Waals surface area contributed by atoms with E-state index in [1.807, 2.05) is 47.5 Å². The number of benzene rings is 2. The molecular formula is C25H26Cl2N2O2S. The van der Waals surface area contributed by atoms with E-state index in [4.69, 9.17) is 27.9 Å². The van der Waals surface area contributed by atoms with Crippen molar-refractivity contribution in [1.29, 1.82) is 0 Å². The van der Waals surface area contributed by atoms with Crippen LogP contribution in [0, 0.1) is 13.8 Å². The Bertz CT molecular complexity index is 1090. The summed E-state index contributed by atoms with van der Waals surface area (Å²) in [7, 11) is 0. The highest BCUT2D eigenvalue weighted by Gasteiger charge is 2.24. The number of hydrogen-bond donors (Lipinski definition) is 0. The van der Waals surface area contributed by atoms with E-state index in [9.17, 15) is 4.79 Å². The standard InChI is InChI=1S/C25H26Cl2N2O2S/c1-17-6-7-18(2)23(12-17)31-15-19-13-24(32-16-19)25(30)29-10-8-28(9-11-29)14-20-21(26)4-3-5-22(20)27/h3-7,12-13,16H,8-11,14-15H2,1-2H3. The lowest BCUT2D eigenvalue weighted by Gasteiger charge is -2.34. The number of aryl methyl sites for hydroxylation is 2. The summed E-state index contributed by atoms with van der Waals surface area (Å²) in [6.07, 6.45) is 0. The minimum Gasteiger partial charge on any atom is -0.489 e. The molecular weight excluding hydrogens is 463 g/mol. The number of rotatable bonds is 6. The molecule has 0 spiro atoms. The largest absolute Gasteiger partial charge is 0.489 e. The molecule has 0 N–H and O–H groups in total. The van der Waals surface area contributed by atoms with Gasteiger partial charge in [-0.15, -0.1) is 11.3 Å². The summed E-state index contributed by atoms with van der Waals surface area (Å²) in [6, 6.07) is 13.7. The molecule has 32 heavy (non-hydrogen) atoms. The van der Waals surface area contributed by atoms with Crippen molar-refractivity contribution >= 4 is 40.4 Å². The number of halogens is 2. The van der Waals surface area contributed by atoms with Crippen molar-refractivity contribution in [2.45, 2.75) is 27.0 Å². The molecule has 3 aromatic rings. The predicted molar refractivity (Wildman–Crippen MR) is 132 cm³/mol. The van der Waals surface area contributed by atoms with Gasteiger partial charge >= 0.3 is 0 Å². The van der Waals surface area contributed by atoms with Crippen LogP contribution in [0.1, 0.15) is 31.9 Å². The lowest BCUT2D eigenvalue weighted by molar-refractivity contribution is 0.0633. The molecule has 1 fully saturated rings. The minimum absolute atomic E-state index is 0.0865. The van der Waals surface area contributed by atoms with Crippen LogP contribution in [-0.2, 0) is 13.2 Å². The van der Waals surface area contributed by atoms with Crippen LogP contribution in [0.25, 0.3) is 0 Å². The third-order valence-electron chi connectivity index (χ3n) is 5.71. The topological polar surface area (TPSA) is 32.8 Å². The molecule has 1 aliphatic heterocycles. The molecule has 1 aromatic heterocycles. The summed E-state index contributed by atoms with van der Waals surface area (Å²) < 4.78 is 5.99. The molecule has 4 nitrogen and oxygen atoms in total. The number of carbonyl (C=O) groups is 1. The fourth-order valence-corrected chi connectivity index (χ4v) is 5.14. The van der Waals surface area contributed by atoms with Crippen LogP contribution in [0.2, 0.25) is 10.0 Å². The Labute approximate surface area is 203 Å². The first kappa shape index (κ1) is 23.1. The number of thiophene rings is 1. The van der Waals surface area contributed by atoms with Crippen molar-refractivity contribution in [1.82, 2.24) is 9.80 Å². The van der Waals surface area contributed by atoms with Crippen molar-refractivity contribution in [3.05, 3.63) is 85.0 Å². The first-order chi connectivity index (χ1) is 15.4. The van der Waals surface area contributed by atoms with Gasteiger partial charge in [-0.25, -0.2) is 0 Å². The Morgan fingerprint density at radius 2 is 1.75 bits per heavy atom. The molecule has 0 unspecified atom stereocenters. The number of carbonyl (C=O) groups excluding carboxylic acids is 1. The van der Waals surface area contributed by atoms with E-state index in [0.717, 1.165) is 40.4 Å². The molecule has 2 aromatic carbocycles. The molecule has 1 aliphatic rings. The summed E-state index contributed by atoms with van der Waals surface area (Å²) in [5, 5.41) is 3.38. The first-order valence-corrected chi connectivity index (χ1v) is 12.3. The fourth-order valence-electron chi connectivity index (χ4n) is 3.76. The van der Waals surface area contributed by atoms with Gasteiger partial charge in [0.05, 0.1) is 4.88 Å². The van der Waals surface area contributed by atoms with Gasteiger partial charge in [-0.3, -0.25) is 9.69 Å². The van der Waals surface area contributed by atoms with E-state index >= 15 is 0 Å². The molecule has 1 saturated heterocycles. The van der Waals surface area contributed by atoms with Crippen LogP contribution in [0.15, 0.2) is 47.8 Å². The normalized spacial score (nSPS) is 14.6. The van der Waals surface area contributed by atoms with Gasteiger partial charge in [0.15, 0.2) is 0 Å². The smallest absolute Gasteiger partial charge is 0.264 e. The summed E-state index contributed by atoms with van der Waals surface area (Å²) in [6.45, 7) is 8.20. The summed E-state index contributed by atoms with van der Waals surface area (Å²) in [5.41, 5.74) is 4.24. The van der Waals surface area contributed by atoms with E-state index in [1.54, 1.807) is 0 Å². The van der Waals surface area contributed by atoms with Gasteiger partial charge in [0.2, 0.25) is 0 Å². The monoisotopic (exact) mass is 488 g/mol. The minimum atomic E-state index is 0.0865. The number of ether oxygens (including phenoxy) is 1. The second kappa shape index (κ2) is 10.3. The molecule has 0 aliphatic carbocycles. The molecule has 1 amide bonds. The highest BCUT2D eigenvalue weighted by molar-refractivity contribution is 7.12. The SMILES string of the molecule is Cc1ccc(C)c(OCc2csc(C(=O)N3CCN(Cc4c(Cl)cccc4Cl)CC3)c2)c1. The van der Waals surface area contributed by atoms with Crippen molar-refractivity contribution in [3.63, 3.8) is 0 Å². The van der Waals surface area contributed by atoms with E-state index in [2.05, 4.69) is 24.0 Å². The molecule has 7 heteroatoms. The van der Waals surface area contributed by atoms with Gasteiger partial charge < -0.3 is 9.64 Å². The summed E-state index contributed by atoms with van der Waals surface area (Å²) in [5.74, 6) is 0.974. The van der Waals surface area contributed by atoms with Gasteiger partial charge in [0, 0.05) is 53.9 Å². The molecule has 0 bridgehead atoms. The molecule has 0 saturated carbocycles. The van der Waals surface area contributed by atoms with Crippen molar-refractivity contribution in [2.24, 2.45) is 0 Å². The predicted octanol–water partition coefficient (Wildman–Crippen LogP) is 6.21. The fraction of sp³-hybridized carbons (Fsp3) is 0.320. The zero-order chi connectivity index (χ0) is 22.7.